The van der Waals surface area contributed by atoms with E-state index in [1.807, 2.05) is 0 Å². The molecule has 0 aromatic heterocycles. The maximum atomic E-state index is 6.19. The summed E-state index contributed by atoms with van der Waals surface area (Å²) in [7, 11) is 0. The summed E-state index contributed by atoms with van der Waals surface area (Å²) in [6.07, 6.45) is 9.96. The summed E-state index contributed by atoms with van der Waals surface area (Å²) in [5.41, 5.74) is 6.57. The van der Waals surface area contributed by atoms with Gasteiger partial charge in [0, 0.05) is 18.1 Å². The Balaban J connectivity index is 1.77. The van der Waals surface area contributed by atoms with E-state index in [1.54, 1.807) is 0 Å². The van der Waals surface area contributed by atoms with Crippen molar-refractivity contribution in [1.29, 1.82) is 0 Å². The van der Waals surface area contributed by atoms with Crippen LogP contribution in [0.2, 0.25) is 0 Å². The zero-order valence-electron chi connectivity index (χ0n) is 10.9. The van der Waals surface area contributed by atoms with Crippen LogP contribution in [0.4, 0.5) is 0 Å². The van der Waals surface area contributed by atoms with E-state index in [2.05, 4.69) is 16.7 Å². The third-order valence-corrected chi connectivity index (χ3v) is 6.41. The fourth-order valence-corrected chi connectivity index (χ4v) is 5.61. The predicted molar refractivity (Wildman–Crippen MR) is 75.4 cm³/mol. The molecule has 2 saturated heterocycles. The van der Waals surface area contributed by atoms with Gasteiger partial charge in [-0.1, -0.05) is 12.8 Å². The molecule has 3 aliphatic rings. The lowest BCUT2D eigenvalue weighted by Crippen LogP contribution is -2.58. The standard InChI is InChI=1S/C14H26N2S/c15-11-14(6-9-17-10-7-14)16-8-5-12-3-1-2-4-13(12)16/h12-13H,1-11,15H2. The molecule has 17 heavy (non-hydrogen) atoms. The number of nitrogens with zero attached hydrogens (tertiary/aromatic N) is 1. The highest BCUT2D eigenvalue weighted by Crippen LogP contribution is 2.43. The molecule has 2 aliphatic heterocycles. The Morgan fingerprint density at radius 2 is 1.88 bits per heavy atom. The predicted octanol–water partition coefficient (Wildman–Crippen LogP) is 2.48. The van der Waals surface area contributed by atoms with E-state index in [-0.39, 0.29) is 0 Å². The minimum absolute atomic E-state index is 0.377. The van der Waals surface area contributed by atoms with Gasteiger partial charge in [-0.25, -0.2) is 0 Å². The Morgan fingerprint density at radius 3 is 2.65 bits per heavy atom. The third kappa shape index (κ3) is 2.15. The van der Waals surface area contributed by atoms with Crippen molar-refractivity contribution in [2.45, 2.75) is 56.5 Å². The van der Waals surface area contributed by atoms with Gasteiger partial charge in [0.05, 0.1) is 0 Å². The second-order valence-corrected chi connectivity index (χ2v) is 7.36. The average molecular weight is 254 g/mol. The van der Waals surface area contributed by atoms with E-state index >= 15 is 0 Å². The maximum absolute atomic E-state index is 6.19. The van der Waals surface area contributed by atoms with Crippen molar-refractivity contribution in [3.63, 3.8) is 0 Å². The van der Waals surface area contributed by atoms with Crippen molar-refractivity contribution in [2.75, 3.05) is 24.6 Å². The first-order chi connectivity index (χ1) is 8.36. The Bertz CT molecular complexity index is 263. The van der Waals surface area contributed by atoms with Crippen LogP contribution in [-0.4, -0.2) is 41.1 Å². The Hall–Kier alpha value is 0.270. The van der Waals surface area contributed by atoms with E-state index < -0.39 is 0 Å². The van der Waals surface area contributed by atoms with Crippen LogP contribution in [0.3, 0.4) is 0 Å². The molecule has 98 valence electrons. The van der Waals surface area contributed by atoms with Gasteiger partial charge in [-0.2, -0.15) is 11.8 Å². The summed E-state index contributed by atoms with van der Waals surface area (Å²) >= 11 is 2.12. The molecule has 3 fully saturated rings. The molecule has 0 radical (unpaired) electrons. The number of nitrogens with two attached hydrogens (primary N) is 1. The normalized spacial score (nSPS) is 37.9. The van der Waals surface area contributed by atoms with Crippen molar-refractivity contribution < 1.29 is 0 Å². The van der Waals surface area contributed by atoms with Gasteiger partial charge >= 0.3 is 0 Å². The lowest BCUT2D eigenvalue weighted by molar-refractivity contribution is 0.0476. The molecule has 3 rings (SSSR count). The van der Waals surface area contributed by atoms with E-state index in [9.17, 15) is 0 Å². The Kier molecular flexibility index (Phi) is 3.69. The number of hydrogen-bond donors (Lipinski definition) is 1. The zero-order valence-corrected chi connectivity index (χ0v) is 11.7. The first kappa shape index (κ1) is 12.3. The SMILES string of the molecule is NCC1(N2CCC3CCCCC32)CCSCC1. The molecule has 2 atom stereocenters. The lowest BCUT2D eigenvalue weighted by Gasteiger charge is -2.48. The van der Waals surface area contributed by atoms with Crippen molar-refractivity contribution in [2.24, 2.45) is 11.7 Å². The van der Waals surface area contributed by atoms with E-state index in [0.717, 1.165) is 18.5 Å². The summed E-state index contributed by atoms with van der Waals surface area (Å²) in [4.78, 5) is 2.86. The van der Waals surface area contributed by atoms with Crippen molar-refractivity contribution >= 4 is 11.8 Å². The highest BCUT2D eigenvalue weighted by atomic mass is 32.2. The summed E-state index contributed by atoms with van der Waals surface area (Å²) < 4.78 is 0. The molecule has 2 unspecified atom stereocenters. The Labute approximate surface area is 110 Å². The van der Waals surface area contributed by atoms with Gasteiger partial charge in [-0.05, 0) is 56.1 Å². The monoisotopic (exact) mass is 254 g/mol. The second kappa shape index (κ2) is 5.10. The fourth-order valence-electron chi connectivity index (χ4n) is 4.35. The molecule has 2 N–H and O–H groups in total. The second-order valence-electron chi connectivity index (χ2n) is 6.13. The molecule has 2 nitrogen and oxygen atoms in total. The van der Waals surface area contributed by atoms with Gasteiger partial charge in [-0.15, -0.1) is 0 Å². The molecule has 3 heteroatoms. The number of likely N-dealkylation sites (tertiary alicyclic amines) is 1. The van der Waals surface area contributed by atoms with Gasteiger partial charge in [0.1, 0.15) is 0 Å². The van der Waals surface area contributed by atoms with Gasteiger partial charge in [0.2, 0.25) is 0 Å². The minimum atomic E-state index is 0.377. The number of hydrogen-bond acceptors (Lipinski definition) is 3. The molecule has 1 saturated carbocycles. The summed E-state index contributed by atoms with van der Waals surface area (Å²) in [6, 6.07) is 0.885. The van der Waals surface area contributed by atoms with Gasteiger partial charge in [0.15, 0.2) is 0 Å². The highest BCUT2D eigenvalue weighted by Gasteiger charge is 2.46. The van der Waals surface area contributed by atoms with Crippen LogP contribution in [0.15, 0.2) is 0 Å². The number of rotatable bonds is 2. The van der Waals surface area contributed by atoms with Crippen molar-refractivity contribution in [1.82, 2.24) is 4.90 Å². The molecular weight excluding hydrogens is 228 g/mol. The van der Waals surface area contributed by atoms with Crippen molar-refractivity contribution in [3.8, 4) is 0 Å². The molecule has 0 aromatic rings. The smallest absolute Gasteiger partial charge is 0.0350 e. The van der Waals surface area contributed by atoms with E-state index in [1.165, 1.54) is 63.0 Å². The molecule has 0 spiro atoms. The third-order valence-electron chi connectivity index (χ3n) is 5.42. The quantitative estimate of drug-likeness (QED) is 0.821. The van der Waals surface area contributed by atoms with Gasteiger partial charge in [-0.3, -0.25) is 4.90 Å². The summed E-state index contributed by atoms with van der Waals surface area (Å²) in [6.45, 7) is 2.22. The first-order valence-corrected chi connectivity index (χ1v) is 8.56. The largest absolute Gasteiger partial charge is 0.329 e. The molecule has 2 heterocycles. The molecule has 0 bridgehead atoms. The topological polar surface area (TPSA) is 29.3 Å². The fraction of sp³-hybridized carbons (Fsp3) is 1.00. The van der Waals surface area contributed by atoms with E-state index in [4.69, 9.17) is 5.73 Å². The minimum Gasteiger partial charge on any atom is -0.329 e. The molecule has 0 aromatic carbocycles. The number of thioether (sulfide) groups is 1. The summed E-state index contributed by atoms with van der Waals surface area (Å²) in [5, 5.41) is 0. The van der Waals surface area contributed by atoms with Crippen LogP contribution in [0.5, 0.6) is 0 Å². The van der Waals surface area contributed by atoms with Crippen LogP contribution in [0, 0.1) is 5.92 Å². The van der Waals surface area contributed by atoms with Crippen LogP contribution in [0.25, 0.3) is 0 Å². The van der Waals surface area contributed by atoms with Gasteiger partial charge in [0.25, 0.3) is 0 Å². The van der Waals surface area contributed by atoms with Crippen LogP contribution in [0.1, 0.15) is 44.9 Å². The molecular formula is C14H26N2S. The maximum Gasteiger partial charge on any atom is 0.0350 e. The van der Waals surface area contributed by atoms with E-state index in [0.29, 0.717) is 5.54 Å². The Morgan fingerprint density at radius 1 is 1.12 bits per heavy atom. The zero-order chi connectivity index (χ0) is 11.7. The molecule has 1 aliphatic carbocycles. The molecule has 0 amide bonds. The van der Waals surface area contributed by atoms with Crippen LogP contribution < -0.4 is 5.73 Å². The highest BCUT2D eigenvalue weighted by molar-refractivity contribution is 7.99. The number of fused-ring (bicyclic) bond motifs is 1. The van der Waals surface area contributed by atoms with Gasteiger partial charge < -0.3 is 5.73 Å². The average Bonchev–Trinajstić information content (AvgIpc) is 2.84. The lowest BCUT2D eigenvalue weighted by atomic mass is 9.82. The van der Waals surface area contributed by atoms with Crippen LogP contribution >= 0.6 is 11.8 Å². The first-order valence-electron chi connectivity index (χ1n) is 7.40. The van der Waals surface area contributed by atoms with Crippen LogP contribution in [-0.2, 0) is 0 Å². The van der Waals surface area contributed by atoms with Crippen molar-refractivity contribution in [3.05, 3.63) is 0 Å². The summed E-state index contributed by atoms with van der Waals surface area (Å²) in [5.74, 6) is 3.65.